The number of hydrogen-bond acceptors (Lipinski definition) is 4. The van der Waals surface area contributed by atoms with Crippen molar-refractivity contribution in [2.24, 2.45) is 0 Å². The van der Waals surface area contributed by atoms with Crippen molar-refractivity contribution >= 4 is 11.7 Å². The quantitative estimate of drug-likeness (QED) is 0.271. The molecule has 0 bridgehead atoms. The molecule has 30 heavy (non-hydrogen) atoms. The van der Waals surface area contributed by atoms with Crippen LogP contribution in [0, 0.1) is 0 Å². The Bertz CT molecular complexity index is 505. The average molecular weight is 424 g/mol. The number of carbonyl (C=O) groups is 2. The third kappa shape index (κ3) is 11.8. The van der Waals surface area contributed by atoms with Gasteiger partial charge in [-0.1, -0.05) is 90.0 Å². The van der Waals surface area contributed by atoms with E-state index in [1.165, 1.54) is 70.3 Å². The van der Waals surface area contributed by atoms with Gasteiger partial charge in [0, 0.05) is 12.8 Å². The molecule has 0 aliphatic heterocycles. The van der Waals surface area contributed by atoms with Gasteiger partial charge in [0.15, 0.2) is 5.78 Å². The Kier molecular flexibility index (Phi) is 14.7. The molecule has 0 fully saturated rings. The number of aliphatic hydroxyl groups excluding tert-OH is 1. The molecule has 1 aliphatic carbocycles. The zero-order valence-electron chi connectivity index (χ0n) is 19.2. The fourth-order valence-electron chi connectivity index (χ4n) is 4.17. The molecule has 0 saturated carbocycles. The van der Waals surface area contributed by atoms with Gasteiger partial charge in [-0.3, -0.25) is 9.59 Å². The molecule has 5 heteroatoms. The van der Waals surface area contributed by atoms with Crippen LogP contribution in [0.4, 0.5) is 0 Å². The van der Waals surface area contributed by atoms with Crippen molar-refractivity contribution in [2.75, 3.05) is 6.61 Å². The first-order chi connectivity index (χ1) is 14.5. The van der Waals surface area contributed by atoms with Crippen LogP contribution in [0.15, 0.2) is 12.2 Å². The topological polar surface area (TPSA) is 86.6 Å². The second-order valence-electron chi connectivity index (χ2n) is 8.98. The van der Waals surface area contributed by atoms with E-state index in [0.29, 0.717) is 19.3 Å². The lowest BCUT2D eigenvalue weighted by Gasteiger charge is -2.31. The Hall–Kier alpha value is -1.20. The first-order valence-corrected chi connectivity index (χ1v) is 12.4. The first kappa shape index (κ1) is 26.8. The number of allylic oxidation sites excluding steroid dienone is 1. The van der Waals surface area contributed by atoms with Crippen LogP contribution in [0.3, 0.4) is 0 Å². The van der Waals surface area contributed by atoms with Crippen molar-refractivity contribution in [2.45, 2.75) is 128 Å². The normalized spacial score (nSPS) is 19.8. The van der Waals surface area contributed by atoms with Gasteiger partial charge in [0.2, 0.25) is 5.91 Å². The minimum atomic E-state index is -1.47. The smallest absolute Gasteiger partial charge is 0.220 e. The molecule has 0 aromatic heterocycles. The van der Waals surface area contributed by atoms with Crippen LogP contribution in [0.5, 0.6) is 0 Å². The SMILES string of the molecule is CCCCCCCCCCCCCCCC(=O)N[C@@H](CO)C[C@@]1(O)CCC=CC1=O. The summed E-state index contributed by atoms with van der Waals surface area (Å²) in [6, 6.07) is -0.583. The van der Waals surface area contributed by atoms with Crippen LogP contribution in [0.1, 0.15) is 116 Å². The van der Waals surface area contributed by atoms with Crippen molar-refractivity contribution in [3.63, 3.8) is 0 Å². The maximum Gasteiger partial charge on any atom is 0.220 e. The zero-order valence-corrected chi connectivity index (χ0v) is 19.2. The van der Waals surface area contributed by atoms with Gasteiger partial charge in [-0.15, -0.1) is 0 Å². The second-order valence-corrected chi connectivity index (χ2v) is 8.98. The largest absolute Gasteiger partial charge is 0.394 e. The van der Waals surface area contributed by atoms with E-state index in [0.717, 1.165) is 19.3 Å². The molecule has 174 valence electrons. The number of amides is 1. The third-order valence-corrected chi connectivity index (χ3v) is 6.13. The molecule has 0 unspecified atom stereocenters. The zero-order chi connectivity index (χ0) is 22.1. The summed E-state index contributed by atoms with van der Waals surface area (Å²) in [5.74, 6) is -0.447. The summed E-state index contributed by atoms with van der Waals surface area (Å²) >= 11 is 0. The van der Waals surface area contributed by atoms with Gasteiger partial charge in [0.05, 0.1) is 12.6 Å². The molecule has 1 amide bonds. The number of aliphatic hydroxyl groups is 2. The first-order valence-electron chi connectivity index (χ1n) is 12.4. The molecule has 0 aromatic rings. The molecule has 5 nitrogen and oxygen atoms in total. The summed E-state index contributed by atoms with van der Waals surface area (Å²) in [5.41, 5.74) is -1.47. The van der Waals surface area contributed by atoms with Crippen LogP contribution >= 0.6 is 0 Å². The predicted molar refractivity (Wildman–Crippen MR) is 122 cm³/mol. The molecule has 0 spiro atoms. The van der Waals surface area contributed by atoms with E-state index in [4.69, 9.17) is 0 Å². The van der Waals surface area contributed by atoms with Crippen LogP contribution in [0.2, 0.25) is 0 Å². The Labute approximate surface area is 183 Å². The van der Waals surface area contributed by atoms with E-state index >= 15 is 0 Å². The number of hydrogen-bond donors (Lipinski definition) is 3. The second kappa shape index (κ2) is 16.5. The molecule has 0 saturated heterocycles. The van der Waals surface area contributed by atoms with E-state index in [2.05, 4.69) is 12.2 Å². The van der Waals surface area contributed by atoms with Gasteiger partial charge in [-0.05, 0) is 25.3 Å². The highest BCUT2D eigenvalue weighted by atomic mass is 16.3. The maximum absolute atomic E-state index is 12.1. The molecular formula is C25H45NO4. The van der Waals surface area contributed by atoms with Gasteiger partial charge in [-0.25, -0.2) is 0 Å². The summed E-state index contributed by atoms with van der Waals surface area (Å²) in [7, 11) is 0. The van der Waals surface area contributed by atoms with Crippen molar-refractivity contribution < 1.29 is 19.8 Å². The Morgan fingerprint density at radius 1 is 1.00 bits per heavy atom. The predicted octanol–water partition coefficient (Wildman–Crippen LogP) is 4.99. The summed E-state index contributed by atoms with van der Waals surface area (Å²) in [6.45, 7) is 1.98. The molecule has 2 atom stereocenters. The van der Waals surface area contributed by atoms with Crippen molar-refractivity contribution in [3.8, 4) is 0 Å². The molecule has 1 rings (SSSR count). The molecule has 3 N–H and O–H groups in total. The summed E-state index contributed by atoms with van der Waals surface area (Å²) < 4.78 is 0. The Balaban J connectivity index is 2.02. The minimum absolute atomic E-state index is 0.0665. The molecule has 1 aliphatic rings. The van der Waals surface area contributed by atoms with E-state index < -0.39 is 11.6 Å². The molecule has 0 radical (unpaired) electrons. The van der Waals surface area contributed by atoms with E-state index in [1.807, 2.05) is 0 Å². The summed E-state index contributed by atoms with van der Waals surface area (Å²) in [4.78, 5) is 24.1. The highest BCUT2D eigenvalue weighted by molar-refractivity contribution is 5.97. The minimum Gasteiger partial charge on any atom is -0.394 e. The van der Waals surface area contributed by atoms with Gasteiger partial charge < -0.3 is 15.5 Å². The van der Waals surface area contributed by atoms with Crippen molar-refractivity contribution in [1.82, 2.24) is 5.32 Å². The van der Waals surface area contributed by atoms with Crippen LogP contribution in [0.25, 0.3) is 0 Å². The number of ketones is 1. The van der Waals surface area contributed by atoms with Gasteiger partial charge in [-0.2, -0.15) is 0 Å². The van der Waals surface area contributed by atoms with E-state index in [1.54, 1.807) is 6.08 Å². The molecular weight excluding hydrogens is 378 g/mol. The number of unbranched alkanes of at least 4 members (excludes halogenated alkanes) is 12. The summed E-state index contributed by atoms with van der Waals surface area (Å²) in [6.07, 6.45) is 21.1. The van der Waals surface area contributed by atoms with Crippen molar-refractivity contribution in [3.05, 3.63) is 12.2 Å². The standard InChI is InChI=1S/C25H45NO4/c1-2-3-4-5-6-7-8-9-10-11-12-13-14-18-24(29)26-22(21-27)20-25(30)19-16-15-17-23(25)28/h15,17,22,27,30H,2-14,16,18-21H2,1H3,(H,26,29)/t22-,25+/m1/s1. The number of nitrogens with one attached hydrogen (secondary N) is 1. The lowest BCUT2D eigenvalue weighted by Crippen LogP contribution is -2.48. The van der Waals surface area contributed by atoms with Gasteiger partial charge in [0.25, 0.3) is 0 Å². The fraction of sp³-hybridized carbons (Fsp3) is 0.840. The molecule has 0 aromatic carbocycles. The Morgan fingerprint density at radius 3 is 2.03 bits per heavy atom. The van der Waals surface area contributed by atoms with Gasteiger partial charge >= 0.3 is 0 Å². The van der Waals surface area contributed by atoms with E-state index in [9.17, 15) is 19.8 Å². The maximum atomic E-state index is 12.1. The van der Waals surface area contributed by atoms with Crippen LogP contribution in [-0.4, -0.2) is 40.2 Å². The fourth-order valence-corrected chi connectivity index (χ4v) is 4.17. The molecule has 0 heterocycles. The number of rotatable bonds is 18. The third-order valence-electron chi connectivity index (χ3n) is 6.13. The van der Waals surface area contributed by atoms with Gasteiger partial charge in [0.1, 0.15) is 5.60 Å². The van der Waals surface area contributed by atoms with E-state index in [-0.39, 0.29) is 24.7 Å². The van der Waals surface area contributed by atoms with Crippen LogP contribution < -0.4 is 5.32 Å². The Morgan fingerprint density at radius 2 is 1.53 bits per heavy atom. The lowest BCUT2D eigenvalue weighted by atomic mass is 9.83. The average Bonchev–Trinajstić information content (AvgIpc) is 2.73. The highest BCUT2D eigenvalue weighted by Gasteiger charge is 2.37. The monoisotopic (exact) mass is 423 g/mol. The highest BCUT2D eigenvalue weighted by Crippen LogP contribution is 2.25. The summed E-state index contributed by atoms with van der Waals surface area (Å²) in [5, 5.41) is 22.8. The lowest BCUT2D eigenvalue weighted by molar-refractivity contribution is -0.136. The number of carbonyl (C=O) groups excluding carboxylic acids is 2. The van der Waals surface area contributed by atoms with Crippen molar-refractivity contribution in [1.29, 1.82) is 0 Å². The van der Waals surface area contributed by atoms with Crippen LogP contribution in [-0.2, 0) is 9.59 Å².